The number of aromatic nitrogens is 1. The minimum Gasteiger partial charge on any atom is -0.496 e. The molecule has 1 aromatic carbocycles. The van der Waals surface area contributed by atoms with Crippen LogP contribution in [0.5, 0.6) is 5.75 Å². The Labute approximate surface area is 110 Å². The molecule has 19 heavy (non-hydrogen) atoms. The summed E-state index contributed by atoms with van der Waals surface area (Å²) in [6.07, 6.45) is 0. The van der Waals surface area contributed by atoms with E-state index in [0.29, 0.717) is 11.4 Å². The molecule has 0 unspecified atom stereocenters. The average molecular weight is 261 g/mol. The van der Waals surface area contributed by atoms with E-state index in [9.17, 15) is 4.79 Å². The van der Waals surface area contributed by atoms with Crippen LogP contribution in [0.15, 0.2) is 16.7 Å². The van der Waals surface area contributed by atoms with E-state index in [1.54, 1.807) is 7.11 Å². The van der Waals surface area contributed by atoms with E-state index in [2.05, 4.69) is 5.16 Å². The Hall–Kier alpha value is -2.30. The van der Waals surface area contributed by atoms with Crippen LogP contribution in [-0.2, 0) is 0 Å². The Bertz CT molecular complexity index is 643. The SMILES string of the molecule is COc1c(C)c(C)cc(C)c1-c1cc(C(=O)O)on1. The molecular weight excluding hydrogens is 246 g/mol. The Morgan fingerprint density at radius 3 is 2.47 bits per heavy atom. The van der Waals surface area contributed by atoms with E-state index in [-0.39, 0.29) is 5.76 Å². The van der Waals surface area contributed by atoms with Gasteiger partial charge < -0.3 is 14.4 Å². The highest BCUT2D eigenvalue weighted by Crippen LogP contribution is 2.37. The number of benzene rings is 1. The number of rotatable bonds is 3. The Morgan fingerprint density at radius 2 is 1.95 bits per heavy atom. The minimum absolute atomic E-state index is 0.185. The van der Waals surface area contributed by atoms with Crippen molar-refractivity contribution >= 4 is 5.97 Å². The Balaban J connectivity index is 2.66. The van der Waals surface area contributed by atoms with Gasteiger partial charge in [0.1, 0.15) is 11.4 Å². The first kappa shape index (κ1) is 13.1. The van der Waals surface area contributed by atoms with E-state index in [1.807, 2.05) is 26.8 Å². The molecule has 0 aliphatic heterocycles. The zero-order chi connectivity index (χ0) is 14.2. The van der Waals surface area contributed by atoms with Gasteiger partial charge in [-0.1, -0.05) is 11.2 Å². The second-order valence-electron chi connectivity index (χ2n) is 4.43. The number of aryl methyl sites for hydroxylation is 2. The van der Waals surface area contributed by atoms with Gasteiger partial charge >= 0.3 is 5.97 Å². The fourth-order valence-electron chi connectivity index (χ4n) is 2.12. The summed E-state index contributed by atoms with van der Waals surface area (Å²) in [4.78, 5) is 10.8. The molecule has 0 saturated carbocycles. The number of aromatic carboxylic acids is 1. The molecule has 100 valence electrons. The van der Waals surface area contributed by atoms with E-state index in [0.717, 1.165) is 22.3 Å². The third-order valence-corrected chi connectivity index (χ3v) is 3.17. The predicted octanol–water partition coefficient (Wildman–Crippen LogP) is 2.97. The van der Waals surface area contributed by atoms with Crippen LogP contribution >= 0.6 is 0 Å². The van der Waals surface area contributed by atoms with Gasteiger partial charge in [0, 0.05) is 11.6 Å². The smallest absolute Gasteiger partial charge is 0.374 e. The lowest BCUT2D eigenvalue weighted by Gasteiger charge is -2.14. The number of hydrogen-bond acceptors (Lipinski definition) is 4. The molecule has 0 fully saturated rings. The molecule has 1 N–H and O–H groups in total. The van der Waals surface area contributed by atoms with Gasteiger partial charge in [0.15, 0.2) is 0 Å². The highest BCUT2D eigenvalue weighted by molar-refractivity contribution is 5.86. The lowest BCUT2D eigenvalue weighted by atomic mass is 9.97. The third kappa shape index (κ3) is 2.19. The van der Waals surface area contributed by atoms with Gasteiger partial charge in [-0.05, 0) is 37.5 Å². The van der Waals surface area contributed by atoms with Gasteiger partial charge in [-0.2, -0.15) is 0 Å². The first-order valence-corrected chi connectivity index (χ1v) is 5.81. The molecule has 1 aromatic heterocycles. The van der Waals surface area contributed by atoms with E-state index >= 15 is 0 Å². The van der Waals surface area contributed by atoms with Crippen LogP contribution in [0.4, 0.5) is 0 Å². The summed E-state index contributed by atoms with van der Waals surface area (Å²) in [6.45, 7) is 5.88. The maximum Gasteiger partial charge on any atom is 0.374 e. The van der Waals surface area contributed by atoms with Crippen LogP contribution in [0.2, 0.25) is 0 Å². The molecule has 0 atom stereocenters. The number of nitrogens with zero attached hydrogens (tertiary/aromatic N) is 1. The van der Waals surface area contributed by atoms with E-state index in [4.69, 9.17) is 14.4 Å². The molecule has 0 amide bonds. The highest BCUT2D eigenvalue weighted by atomic mass is 16.5. The molecule has 0 aliphatic carbocycles. The van der Waals surface area contributed by atoms with Crippen molar-refractivity contribution in [1.82, 2.24) is 5.16 Å². The number of carboxylic acid groups (broad SMARTS) is 1. The molecule has 0 bridgehead atoms. The van der Waals surface area contributed by atoms with Crippen LogP contribution < -0.4 is 4.74 Å². The van der Waals surface area contributed by atoms with Gasteiger partial charge in [0.25, 0.3) is 0 Å². The van der Waals surface area contributed by atoms with Gasteiger partial charge in [-0.15, -0.1) is 0 Å². The van der Waals surface area contributed by atoms with Crippen molar-refractivity contribution in [3.05, 3.63) is 34.6 Å². The van der Waals surface area contributed by atoms with Gasteiger partial charge in [-0.3, -0.25) is 0 Å². The van der Waals surface area contributed by atoms with Crippen LogP contribution in [0.1, 0.15) is 27.2 Å². The summed E-state index contributed by atoms with van der Waals surface area (Å²) in [6, 6.07) is 3.42. The first-order valence-electron chi connectivity index (χ1n) is 5.81. The van der Waals surface area contributed by atoms with Crippen LogP contribution in [0.3, 0.4) is 0 Å². The molecule has 0 spiro atoms. The molecule has 5 heteroatoms. The Kier molecular flexibility index (Phi) is 3.29. The van der Waals surface area contributed by atoms with Crippen molar-refractivity contribution in [1.29, 1.82) is 0 Å². The second-order valence-corrected chi connectivity index (χ2v) is 4.43. The lowest BCUT2D eigenvalue weighted by Crippen LogP contribution is -1.97. The second kappa shape index (κ2) is 4.76. The van der Waals surface area contributed by atoms with Crippen LogP contribution in [-0.4, -0.2) is 23.3 Å². The molecule has 0 saturated heterocycles. The standard InChI is InChI=1S/C14H15NO4/c1-7-5-8(2)12(13(18-4)9(7)3)10-6-11(14(16)17)19-15-10/h5-6H,1-4H3,(H,16,17). The summed E-state index contributed by atoms with van der Waals surface area (Å²) in [7, 11) is 1.59. The van der Waals surface area contributed by atoms with Crippen molar-refractivity contribution in [2.75, 3.05) is 7.11 Å². The number of ether oxygens (including phenoxy) is 1. The summed E-state index contributed by atoms with van der Waals surface area (Å²) in [5.74, 6) is -0.628. The lowest BCUT2D eigenvalue weighted by molar-refractivity contribution is 0.0652. The highest BCUT2D eigenvalue weighted by Gasteiger charge is 2.19. The monoisotopic (exact) mass is 261 g/mol. The molecule has 2 aromatic rings. The third-order valence-electron chi connectivity index (χ3n) is 3.17. The minimum atomic E-state index is -1.14. The van der Waals surface area contributed by atoms with E-state index in [1.165, 1.54) is 6.07 Å². The number of carboxylic acids is 1. The number of methoxy groups -OCH3 is 1. The largest absolute Gasteiger partial charge is 0.496 e. The quantitative estimate of drug-likeness (QED) is 0.919. The molecule has 5 nitrogen and oxygen atoms in total. The Morgan fingerprint density at radius 1 is 1.26 bits per heavy atom. The molecule has 2 rings (SSSR count). The van der Waals surface area contributed by atoms with Crippen molar-refractivity contribution in [3.63, 3.8) is 0 Å². The molecular formula is C14H15NO4. The van der Waals surface area contributed by atoms with Crippen molar-refractivity contribution in [2.24, 2.45) is 0 Å². The maximum atomic E-state index is 10.8. The number of carbonyl (C=O) groups is 1. The van der Waals surface area contributed by atoms with Crippen molar-refractivity contribution < 1.29 is 19.2 Å². The predicted molar refractivity (Wildman–Crippen MR) is 69.7 cm³/mol. The van der Waals surface area contributed by atoms with Crippen molar-refractivity contribution in [2.45, 2.75) is 20.8 Å². The zero-order valence-corrected chi connectivity index (χ0v) is 11.3. The summed E-state index contributed by atoms with van der Waals surface area (Å²) < 4.78 is 10.2. The molecule has 0 radical (unpaired) electrons. The summed E-state index contributed by atoms with van der Waals surface area (Å²) in [5.41, 5.74) is 4.31. The summed E-state index contributed by atoms with van der Waals surface area (Å²) in [5, 5.41) is 12.7. The normalized spacial score (nSPS) is 10.5. The maximum absolute atomic E-state index is 10.8. The van der Waals surface area contributed by atoms with Crippen molar-refractivity contribution in [3.8, 4) is 17.0 Å². The van der Waals surface area contributed by atoms with Crippen LogP contribution in [0, 0.1) is 20.8 Å². The fourth-order valence-corrected chi connectivity index (χ4v) is 2.12. The number of hydrogen-bond donors (Lipinski definition) is 1. The topological polar surface area (TPSA) is 72.6 Å². The van der Waals surface area contributed by atoms with Crippen LogP contribution in [0.25, 0.3) is 11.3 Å². The zero-order valence-electron chi connectivity index (χ0n) is 11.3. The molecule has 0 aliphatic rings. The van der Waals surface area contributed by atoms with Gasteiger partial charge in [-0.25, -0.2) is 4.79 Å². The molecule has 1 heterocycles. The van der Waals surface area contributed by atoms with E-state index < -0.39 is 5.97 Å². The fraction of sp³-hybridized carbons (Fsp3) is 0.286. The summed E-state index contributed by atoms with van der Waals surface area (Å²) >= 11 is 0. The first-order chi connectivity index (χ1) is 8.95. The average Bonchev–Trinajstić information content (AvgIpc) is 2.82. The van der Waals surface area contributed by atoms with Gasteiger partial charge in [0.2, 0.25) is 5.76 Å². The van der Waals surface area contributed by atoms with Gasteiger partial charge in [0.05, 0.1) is 7.11 Å².